The van der Waals surface area contributed by atoms with E-state index in [0.717, 1.165) is 49.0 Å². The van der Waals surface area contributed by atoms with Gasteiger partial charge in [-0.15, -0.1) is 0 Å². The van der Waals surface area contributed by atoms with Crippen LogP contribution >= 0.6 is 0 Å². The first kappa shape index (κ1) is 16.2. The van der Waals surface area contributed by atoms with Gasteiger partial charge in [-0.1, -0.05) is 6.42 Å². The van der Waals surface area contributed by atoms with Crippen molar-refractivity contribution in [2.75, 3.05) is 13.1 Å². The van der Waals surface area contributed by atoms with Crippen molar-refractivity contribution in [3.63, 3.8) is 0 Å². The highest BCUT2D eigenvalue weighted by Crippen LogP contribution is 2.41. The smallest absolute Gasteiger partial charge is 0.181 e. The van der Waals surface area contributed by atoms with Crippen molar-refractivity contribution in [2.45, 2.75) is 63.2 Å². The van der Waals surface area contributed by atoms with Crippen LogP contribution in [-0.4, -0.2) is 34.6 Å². The number of hydrogen-bond donors (Lipinski definition) is 0. The average molecular weight is 354 g/mol. The van der Waals surface area contributed by atoms with E-state index in [1.807, 2.05) is 6.07 Å². The van der Waals surface area contributed by atoms with E-state index in [1.54, 1.807) is 6.20 Å². The average Bonchev–Trinajstić information content (AvgIpc) is 3.14. The number of fused-ring (bicyclic) bond motifs is 1. The zero-order valence-electron chi connectivity index (χ0n) is 15.2. The van der Waals surface area contributed by atoms with Gasteiger partial charge in [0.15, 0.2) is 12.2 Å². The highest BCUT2D eigenvalue weighted by atomic mass is 16.5. The first-order valence-electron chi connectivity index (χ1n) is 9.86. The standard InChI is InChI=1S/C21H26N2O3/c1-2-17(3-1)23-10-8-21(9-11-23)7-6-16-12-18(4-5-20(16)26-21)24-14-19-13-22-15-25-19/h4-5,12-13,15,17H,1-3,6-11,14H2. The number of aromatic nitrogens is 1. The molecule has 26 heavy (non-hydrogen) atoms. The number of rotatable bonds is 4. The lowest BCUT2D eigenvalue weighted by Gasteiger charge is -2.48. The Morgan fingerprint density at radius 1 is 1.19 bits per heavy atom. The van der Waals surface area contributed by atoms with Gasteiger partial charge in [0.25, 0.3) is 0 Å². The van der Waals surface area contributed by atoms with Crippen molar-refractivity contribution in [1.29, 1.82) is 0 Å². The minimum atomic E-state index is 0.0511. The molecule has 0 amide bonds. The second-order valence-electron chi connectivity index (χ2n) is 7.93. The highest BCUT2D eigenvalue weighted by molar-refractivity contribution is 5.42. The summed E-state index contributed by atoms with van der Waals surface area (Å²) in [7, 11) is 0. The Kier molecular flexibility index (Phi) is 4.12. The van der Waals surface area contributed by atoms with Crippen molar-refractivity contribution in [3.8, 4) is 11.5 Å². The van der Waals surface area contributed by atoms with E-state index < -0.39 is 0 Å². The number of ether oxygens (including phenoxy) is 2. The Morgan fingerprint density at radius 2 is 2.08 bits per heavy atom. The van der Waals surface area contributed by atoms with Crippen LogP contribution < -0.4 is 9.47 Å². The molecule has 138 valence electrons. The Bertz CT molecular complexity index is 747. The first-order valence-corrected chi connectivity index (χ1v) is 9.86. The van der Waals surface area contributed by atoms with Crippen LogP contribution in [0.3, 0.4) is 0 Å². The maximum absolute atomic E-state index is 6.53. The molecule has 1 aromatic heterocycles. The molecule has 0 radical (unpaired) electrons. The van der Waals surface area contributed by atoms with Crippen LogP contribution in [0.5, 0.6) is 11.5 Å². The lowest BCUT2D eigenvalue weighted by Crippen LogP contribution is -2.53. The van der Waals surface area contributed by atoms with Crippen molar-refractivity contribution in [1.82, 2.24) is 9.88 Å². The summed E-state index contributed by atoms with van der Waals surface area (Å²) in [5, 5.41) is 0. The predicted molar refractivity (Wildman–Crippen MR) is 97.4 cm³/mol. The second-order valence-corrected chi connectivity index (χ2v) is 7.93. The number of piperidine rings is 1. The molecule has 2 fully saturated rings. The SMILES string of the molecule is c1ncc(COc2ccc3c(c2)CCC2(CCN(C4CCC4)CC2)O3)o1. The van der Waals surface area contributed by atoms with Crippen molar-refractivity contribution in [2.24, 2.45) is 0 Å². The molecule has 5 rings (SSSR count). The fourth-order valence-electron chi connectivity index (χ4n) is 4.46. The molecule has 0 unspecified atom stereocenters. The van der Waals surface area contributed by atoms with E-state index in [4.69, 9.17) is 13.9 Å². The third-order valence-electron chi connectivity index (χ3n) is 6.37. The number of nitrogens with zero attached hydrogens (tertiary/aromatic N) is 2. The van der Waals surface area contributed by atoms with Crippen molar-refractivity contribution >= 4 is 0 Å². The third kappa shape index (κ3) is 3.09. The van der Waals surface area contributed by atoms with Crippen molar-refractivity contribution in [3.05, 3.63) is 42.1 Å². The van der Waals surface area contributed by atoms with Crippen molar-refractivity contribution < 1.29 is 13.9 Å². The van der Waals surface area contributed by atoms with Crippen LogP contribution in [0, 0.1) is 0 Å². The van der Waals surface area contributed by atoms with E-state index in [1.165, 1.54) is 44.3 Å². The van der Waals surface area contributed by atoms with Gasteiger partial charge in [-0.2, -0.15) is 0 Å². The van der Waals surface area contributed by atoms with Gasteiger partial charge in [-0.25, -0.2) is 4.98 Å². The molecular weight excluding hydrogens is 328 g/mol. The Labute approximate surface area is 154 Å². The van der Waals surface area contributed by atoms with Gasteiger partial charge in [0.2, 0.25) is 0 Å². The molecule has 0 bridgehead atoms. The predicted octanol–water partition coefficient (Wildman–Crippen LogP) is 3.97. The molecule has 1 saturated heterocycles. The zero-order valence-corrected chi connectivity index (χ0v) is 15.2. The summed E-state index contributed by atoms with van der Waals surface area (Å²) < 4.78 is 17.6. The van der Waals surface area contributed by atoms with Crippen LogP contribution in [0.25, 0.3) is 0 Å². The highest BCUT2D eigenvalue weighted by Gasteiger charge is 2.41. The lowest BCUT2D eigenvalue weighted by molar-refractivity contribution is -0.0337. The molecule has 0 N–H and O–H groups in total. The van der Waals surface area contributed by atoms with E-state index in [-0.39, 0.29) is 5.60 Å². The maximum atomic E-state index is 6.53. The molecule has 3 heterocycles. The summed E-state index contributed by atoms with van der Waals surface area (Å²) >= 11 is 0. The minimum absolute atomic E-state index is 0.0511. The summed E-state index contributed by atoms with van der Waals surface area (Å²) in [6, 6.07) is 7.04. The van der Waals surface area contributed by atoms with Crippen LogP contribution in [0.2, 0.25) is 0 Å². The molecule has 1 saturated carbocycles. The van der Waals surface area contributed by atoms with E-state index >= 15 is 0 Å². The van der Waals surface area contributed by atoms with Gasteiger partial charge in [0.05, 0.1) is 6.20 Å². The van der Waals surface area contributed by atoms with Gasteiger partial charge >= 0.3 is 0 Å². The molecule has 5 nitrogen and oxygen atoms in total. The van der Waals surface area contributed by atoms with Crippen LogP contribution in [0.15, 0.2) is 35.2 Å². The minimum Gasteiger partial charge on any atom is -0.487 e. The van der Waals surface area contributed by atoms with E-state index in [2.05, 4.69) is 22.0 Å². The van der Waals surface area contributed by atoms with Gasteiger partial charge in [0.1, 0.15) is 23.7 Å². The Hall–Kier alpha value is -2.01. The summed E-state index contributed by atoms with van der Waals surface area (Å²) in [5.41, 5.74) is 1.31. The fourth-order valence-corrected chi connectivity index (χ4v) is 4.46. The summed E-state index contributed by atoms with van der Waals surface area (Å²) in [6.07, 6.45) is 11.8. The molecule has 2 aromatic rings. The lowest BCUT2D eigenvalue weighted by atomic mass is 9.81. The van der Waals surface area contributed by atoms with Gasteiger partial charge in [-0.05, 0) is 62.3 Å². The summed E-state index contributed by atoms with van der Waals surface area (Å²) in [5.74, 6) is 2.64. The number of aryl methyl sites for hydroxylation is 1. The number of benzene rings is 1. The molecule has 3 aliphatic rings. The number of oxazole rings is 1. The summed E-state index contributed by atoms with van der Waals surface area (Å²) in [6.45, 7) is 2.79. The number of likely N-dealkylation sites (tertiary alicyclic amines) is 1. The zero-order chi connectivity index (χ0) is 17.4. The molecule has 1 aliphatic carbocycles. The Morgan fingerprint density at radius 3 is 2.81 bits per heavy atom. The van der Waals surface area contributed by atoms with E-state index in [0.29, 0.717) is 6.61 Å². The molecule has 0 atom stereocenters. The quantitative estimate of drug-likeness (QED) is 0.831. The molecule has 1 spiro atoms. The second kappa shape index (κ2) is 6.62. The maximum Gasteiger partial charge on any atom is 0.181 e. The topological polar surface area (TPSA) is 47.7 Å². The van der Waals surface area contributed by atoms with Gasteiger partial charge in [-0.3, -0.25) is 0 Å². The van der Waals surface area contributed by atoms with E-state index in [9.17, 15) is 0 Å². The largest absolute Gasteiger partial charge is 0.487 e. The summed E-state index contributed by atoms with van der Waals surface area (Å²) in [4.78, 5) is 6.60. The molecule has 1 aromatic carbocycles. The van der Waals surface area contributed by atoms with Crippen LogP contribution in [-0.2, 0) is 13.0 Å². The van der Waals surface area contributed by atoms with Crippen LogP contribution in [0.4, 0.5) is 0 Å². The fraction of sp³-hybridized carbons (Fsp3) is 0.571. The monoisotopic (exact) mass is 354 g/mol. The first-order chi connectivity index (χ1) is 12.8. The van der Waals surface area contributed by atoms with Gasteiger partial charge < -0.3 is 18.8 Å². The molecular formula is C21H26N2O3. The van der Waals surface area contributed by atoms with Crippen LogP contribution in [0.1, 0.15) is 49.8 Å². The Balaban J connectivity index is 1.22. The molecule has 2 aliphatic heterocycles. The van der Waals surface area contributed by atoms with Gasteiger partial charge in [0, 0.05) is 19.1 Å². The number of hydrogen-bond acceptors (Lipinski definition) is 5. The normalized spacial score (nSPS) is 22.5. The molecule has 5 heteroatoms. The third-order valence-corrected chi connectivity index (χ3v) is 6.37.